The number of ether oxygens (including phenoxy) is 2. The van der Waals surface area contributed by atoms with E-state index in [0.717, 1.165) is 0 Å². The molecule has 0 aliphatic heterocycles. The second-order valence-electron chi connectivity index (χ2n) is 4.38. The molecule has 110 valence electrons. The highest BCUT2D eigenvalue weighted by atomic mass is 35.5. The summed E-state index contributed by atoms with van der Waals surface area (Å²) < 4.78 is 23.6. The Balaban J connectivity index is 2.26. The number of hydrogen-bond donors (Lipinski definition) is 0. The quantitative estimate of drug-likeness (QED) is 0.785. The Bertz CT molecular complexity index is 671. The molecule has 0 bridgehead atoms. The van der Waals surface area contributed by atoms with Crippen LogP contribution in [-0.2, 0) is 6.42 Å². The summed E-state index contributed by atoms with van der Waals surface area (Å²) in [6.45, 7) is 0. The Hall–Kier alpha value is -2.07. The van der Waals surface area contributed by atoms with Crippen molar-refractivity contribution in [3.05, 3.63) is 58.4 Å². The van der Waals surface area contributed by atoms with Crippen molar-refractivity contribution in [2.24, 2.45) is 0 Å². The van der Waals surface area contributed by atoms with Crippen molar-refractivity contribution in [2.45, 2.75) is 6.42 Å². The van der Waals surface area contributed by atoms with Gasteiger partial charge in [-0.2, -0.15) is 0 Å². The third kappa shape index (κ3) is 3.34. The molecule has 0 aliphatic carbocycles. The lowest BCUT2D eigenvalue weighted by atomic mass is 10.0. The molecule has 0 N–H and O–H groups in total. The first kappa shape index (κ1) is 15.3. The van der Waals surface area contributed by atoms with Crippen LogP contribution in [0.3, 0.4) is 0 Å². The van der Waals surface area contributed by atoms with Gasteiger partial charge < -0.3 is 9.47 Å². The molecule has 0 unspecified atom stereocenters. The van der Waals surface area contributed by atoms with Gasteiger partial charge in [0.15, 0.2) is 17.3 Å². The molecule has 0 spiro atoms. The second kappa shape index (κ2) is 6.59. The number of ketones is 1. The van der Waals surface area contributed by atoms with E-state index >= 15 is 0 Å². The van der Waals surface area contributed by atoms with Crippen molar-refractivity contribution in [2.75, 3.05) is 14.2 Å². The van der Waals surface area contributed by atoms with Gasteiger partial charge in [-0.3, -0.25) is 4.79 Å². The van der Waals surface area contributed by atoms with E-state index in [0.29, 0.717) is 22.6 Å². The third-order valence-corrected chi connectivity index (χ3v) is 3.51. The molecule has 0 fully saturated rings. The van der Waals surface area contributed by atoms with E-state index in [2.05, 4.69) is 0 Å². The predicted molar refractivity (Wildman–Crippen MR) is 79.0 cm³/mol. The lowest BCUT2D eigenvalue weighted by Gasteiger charge is -2.09. The van der Waals surface area contributed by atoms with E-state index in [1.54, 1.807) is 24.3 Å². The lowest BCUT2D eigenvalue weighted by molar-refractivity contribution is 0.0992. The summed E-state index contributed by atoms with van der Waals surface area (Å²) in [7, 11) is 3.02. The smallest absolute Gasteiger partial charge is 0.167 e. The fourth-order valence-corrected chi connectivity index (χ4v) is 2.16. The van der Waals surface area contributed by atoms with Crippen LogP contribution < -0.4 is 9.47 Å². The molecule has 21 heavy (non-hydrogen) atoms. The van der Waals surface area contributed by atoms with Gasteiger partial charge in [0.2, 0.25) is 0 Å². The van der Waals surface area contributed by atoms with Gasteiger partial charge in [0, 0.05) is 12.0 Å². The van der Waals surface area contributed by atoms with Gasteiger partial charge in [-0.1, -0.05) is 23.7 Å². The molecule has 2 aromatic carbocycles. The summed E-state index contributed by atoms with van der Waals surface area (Å²) >= 11 is 5.86. The van der Waals surface area contributed by atoms with Crippen molar-refractivity contribution >= 4 is 17.4 Å². The largest absolute Gasteiger partial charge is 0.493 e. The first-order valence-corrected chi connectivity index (χ1v) is 6.62. The molecule has 0 atom stereocenters. The minimum Gasteiger partial charge on any atom is -0.493 e. The number of rotatable bonds is 5. The summed E-state index contributed by atoms with van der Waals surface area (Å²) in [5, 5.41) is -0.0219. The molecule has 5 heteroatoms. The number of hydrogen-bond acceptors (Lipinski definition) is 3. The maximum Gasteiger partial charge on any atom is 0.167 e. The number of methoxy groups -OCH3 is 2. The standard InChI is InChI=1S/C16H14ClFO3/c1-20-14-7-6-10(9-15(14)21-2)13(19)8-11-4-3-5-12(18)16(11)17/h3-7,9H,8H2,1-2H3. The third-order valence-electron chi connectivity index (χ3n) is 3.09. The average Bonchev–Trinajstić information content (AvgIpc) is 2.51. The number of halogens is 2. The van der Waals surface area contributed by atoms with Crippen molar-refractivity contribution in [3.63, 3.8) is 0 Å². The molecule has 3 nitrogen and oxygen atoms in total. The average molecular weight is 309 g/mol. The minimum atomic E-state index is -0.533. The first-order chi connectivity index (χ1) is 10.1. The monoisotopic (exact) mass is 308 g/mol. The summed E-state index contributed by atoms with van der Waals surface area (Å²) in [6, 6.07) is 9.29. The van der Waals surface area contributed by atoms with E-state index in [4.69, 9.17) is 21.1 Å². The van der Waals surface area contributed by atoms with Crippen LogP contribution in [0.5, 0.6) is 11.5 Å². The summed E-state index contributed by atoms with van der Waals surface area (Å²) in [4.78, 5) is 12.3. The van der Waals surface area contributed by atoms with E-state index in [1.807, 2.05) is 0 Å². The summed E-state index contributed by atoms with van der Waals surface area (Å²) in [5.41, 5.74) is 0.907. The minimum absolute atomic E-state index is 0.0199. The van der Waals surface area contributed by atoms with E-state index in [9.17, 15) is 9.18 Å². The van der Waals surface area contributed by atoms with Crippen LogP contribution in [-0.4, -0.2) is 20.0 Å². The van der Waals surface area contributed by atoms with Gasteiger partial charge >= 0.3 is 0 Å². The van der Waals surface area contributed by atoms with Crippen LogP contribution in [0, 0.1) is 5.82 Å². The van der Waals surface area contributed by atoms with Crippen LogP contribution >= 0.6 is 11.6 Å². The zero-order valence-corrected chi connectivity index (χ0v) is 12.4. The molecule has 2 aromatic rings. The Kier molecular flexibility index (Phi) is 4.81. The molecule has 0 heterocycles. The van der Waals surface area contributed by atoms with Crippen LogP contribution in [0.25, 0.3) is 0 Å². The van der Waals surface area contributed by atoms with Gasteiger partial charge in [-0.05, 0) is 29.8 Å². The van der Waals surface area contributed by atoms with Crippen molar-refractivity contribution in [1.29, 1.82) is 0 Å². The molecule has 0 aliphatic rings. The number of benzene rings is 2. The maximum atomic E-state index is 13.4. The highest BCUT2D eigenvalue weighted by Crippen LogP contribution is 2.28. The van der Waals surface area contributed by atoms with Gasteiger partial charge in [0.1, 0.15) is 5.82 Å². The number of carbonyl (C=O) groups excluding carboxylic acids is 1. The van der Waals surface area contributed by atoms with Crippen LogP contribution in [0.2, 0.25) is 5.02 Å². The second-order valence-corrected chi connectivity index (χ2v) is 4.76. The molecule has 0 saturated heterocycles. The predicted octanol–water partition coefficient (Wildman–Crippen LogP) is 3.92. The number of Topliss-reactive ketones (excluding diaryl/α,β-unsaturated/α-hetero) is 1. The van der Waals surface area contributed by atoms with Crippen molar-refractivity contribution < 1.29 is 18.7 Å². The Morgan fingerprint density at radius 2 is 1.86 bits per heavy atom. The van der Waals surface area contributed by atoms with Crippen LogP contribution in [0.4, 0.5) is 4.39 Å². The summed E-state index contributed by atoms with van der Waals surface area (Å²) in [6.07, 6.45) is 0.0199. The highest BCUT2D eigenvalue weighted by molar-refractivity contribution is 6.31. The fraction of sp³-hybridized carbons (Fsp3) is 0.188. The molecule has 0 radical (unpaired) electrons. The normalized spacial score (nSPS) is 10.3. The Morgan fingerprint density at radius 3 is 2.52 bits per heavy atom. The Morgan fingerprint density at radius 1 is 1.14 bits per heavy atom. The molecular formula is C16H14ClFO3. The summed E-state index contributed by atoms with van der Waals surface area (Å²) in [5.74, 6) is 0.296. The lowest BCUT2D eigenvalue weighted by Crippen LogP contribution is -2.05. The zero-order chi connectivity index (χ0) is 15.4. The van der Waals surface area contributed by atoms with Gasteiger partial charge in [0.25, 0.3) is 0 Å². The first-order valence-electron chi connectivity index (χ1n) is 6.25. The van der Waals surface area contributed by atoms with Crippen molar-refractivity contribution in [1.82, 2.24) is 0 Å². The van der Waals surface area contributed by atoms with Crippen LogP contribution in [0.1, 0.15) is 15.9 Å². The fourth-order valence-electron chi connectivity index (χ4n) is 1.97. The number of carbonyl (C=O) groups is 1. The van der Waals surface area contributed by atoms with Gasteiger partial charge in [0.05, 0.1) is 19.2 Å². The maximum absolute atomic E-state index is 13.4. The van der Waals surface area contributed by atoms with E-state index in [-0.39, 0.29) is 17.2 Å². The molecule has 0 amide bonds. The molecule has 0 saturated carbocycles. The van der Waals surface area contributed by atoms with Crippen LogP contribution in [0.15, 0.2) is 36.4 Å². The molecule has 2 rings (SSSR count). The SMILES string of the molecule is COc1ccc(C(=O)Cc2cccc(F)c2Cl)cc1OC. The Labute approximate surface area is 127 Å². The highest BCUT2D eigenvalue weighted by Gasteiger charge is 2.14. The van der Waals surface area contributed by atoms with Gasteiger partial charge in [-0.15, -0.1) is 0 Å². The topological polar surface area (TPSA) is 35.5 Å². The van der Waals surface area contributed by atoms with Crippen molar-refractivity contribution in [3.8, 4) is 11.5 Å². The molecule has 0 aromatic heterocycles. The van der Waals surface area contributed by atoms with E-state index in [1.165, 1.54) is 26.4 Å². The zero-order valence-electron chi connectivity index (χ0n) is 11.7. The van der Waals surface area contributed by atoms with E-state index < -0.39 is 5.82 Å². The van der Waals surface area contributed by atoms with Gasteiger partial charge in [-0.25, -0.2) is 4.39 Å². The molecular weight excluding hydrogens is 295 g/mol.